The van der Waals surface area contributed by atoms with Crippen LogP contribution in [0.4, 0.5) is 0 Å². The highest BCUT2D eigenvalue weighted by Gasteiger charge is 2.26. The number of hydrogen-bond acceptors (Lipinski definition) is 2. The van der Waals surface area contributed by atoms with E-state index in [0.717, 1.165) is 12.8 Å². The van der Waals surface area contributed by atoms with Gasteiger partial charge in [0.15, 0.2) is 11.2 Å². The molecule has 1 aliphatic carbocycles. The van der Waals surface area contributed by atoms with E-state index in [1.165, 1.54) is 12.8 Å². The number of carbonyl (C=O) groups excluding carboxylic acids is 2. The molecule has 0 bridgehead atoms. The van der Waals surface area contributed by atoms with Gasteiger partial charge >= 0.3 is 0 Å². The maximum absolute atomic E-state index is 11.4. The Bertz CT molecular complexity index is 239. The zero-order chi connectivity index (χ0) is 11.3. The fourth-order valence-electron chi connectivity index (χ4n) is 1.28. The van der Waals surface area contributed by atoms with Crippen molar-refractivity contribution in [1.82, 2.24) is 5.32 Å². The van der Waals surface area contributed by atoms with Crippen LogP contribution < -0.4 is 5.32 Å². The molecule has 0 aromatic rings. The number of nitrogens with one attached hydrogen (secondary N) is 1. The lowest BCUT2D eigenvalue weighted by Crippen LogP contribution is -2.37. The highest BCUT2D eigenvalue weighted by molar-refractivity contribution is 6.41. The van der Waals surface area contributed by atoms with Gasteiger partial charge in [-0.2, -0.15) is 0 Å². The Morgan fingerprint density at radius 2 is 2.13 bits per heavy atom. The predicted octanol–water partition coefficient (Wildman–Crippen LogP) is 1.88. The third-order valence-corrected chi connectivity index (χ3v) is 2.99. The third-order valence-electron chi connectivity index (χ3n) is 2.55. The Hall–Kier alpha value is -0.570. The topological polar surface area (TPSA) is 46.2 Å². The summed E-state index contributed by atoms with van der Waals surface area (Å²) in [6.45, 7) is 2.67. The molecule has 0 aromatic carbocycles. The average molecular weight is 232 g/mol. The highest BCUT2D eigenvalue weighted by Crippen LogP contribution is 2.27. The first-order valence-corrected chi connectivity index (χ1v) is 6.03. The van der Waals surface area contributed by atoms with Gasteiger partial charge in [0, 0.05) is 13.0 Å². The summed E-state index contributed by atoms with van der Waals surface area (Å²) in [7, 11) is 0. The maximum Gasteiger partial charge on any atom is 0.245 e. The van der Waals surface area contributed by atoms with E-state index in [2.05, 4.69) is 5.32 Å². The van der Waals surface area contributed by atoms with Crippen LogP contribution in [0.5, 0.6) is 0 Å². The Kier molecular flexibility index (Phi) is 5.09. The summed E-state index contributed by atoms with van der Waals surface area (Å²) in [4.78, 5) is 22.8. The Balaban J connectivity index is 2.20. The van der Waals surface area contributed by atoms with Gasteiger partial charge in [0.25, 0.3) is 0 Å². The second kappa shape index (κ2) is 6.11. The summed E-state index contributed by atoms with van der Waals surface area (Å²) in [5.41, 5.74) is 0. The lowest BCUT2D eigenvalue weighted by molar-refractivity contribution is -0.127. The Morgan fingerprint density at radius 1 is 1.47 bits per heavy atom. The third kappa shape index (κ3) is 4.65. The zero-order valence-electron chi connectivity index (χ0n) is 9.09. The minimum atomic E-state index is -0.990. The molecule has 1 aliphatic rings. The number of amides is 1. The van der Waals surface area contributed by atoms with Crippen molar-refractivity contribution < 1.29 is 9.59 Å². The number of carbonyl (C=O) groups is 2. The smallest absolute Gasteiger partial charge is 0.245 e. The van der Waals surface area contributed by atoms with Crippen molar-refractivity contribution in [3.63, 3.8) is 0 Å². The number of unbranched alkanes of at least 4 members (excludes halogenated alkanes) is 1. The second-order valence-corrected chi connectivity index (χ2v) is 4.56. The largest absolute Gasteiger partial charge is 0.354 e. The molecule has 0 saturated heterocycles. The minimum Gasteiger partial charge on any atom is -0.354 e. The molecule has 0 radical (unpaired) electrons. The van der Waals surface area contributed by atoms with E-state index in [9.17, 15) is 9.59 Å². The van der Waals surface area contributed by atoms with Gasteiger partial charge in [-0.3, -0.25) is 9.59 Å². The van der Waals surface area contributed by atoms with E-state index in [0.29, 0.717) is 18.9 Å². The average Bonchev–Trinajstić information content (AvgIpc) is 3.05. The monoisotopic (exact) mass is 231 g/mol. The highest BCUT2D eigenvalue weighted by atomic mass is 35.5. The van der Waals surface area contributed by atoms with E-state index in [4.69, 9.17) is 11.6 Å². The van der Waals surface area contributed by atoms with Crippen LogP contribution in [0.2, 0.25) is 0 Å². The van der Waals surface area contributed by atoms with Crippen LogP contribution >= 0.6 is 11.6 Å². The van der Waals surface area contributed by atoms with Crippen LogP contribution in [0.1, 0.15) is 39.0 Å². The van der Waals surface area contributed by atoms with Crippen LogP contribution in [-0.4, -0.2) is 23.6 Å². The molecule has 1 amide bonds. The minimum absolute atomic E-state index is 0.160. The summed E-state index contributed by atoms with van der Waals surface area (Å²) >= 11 is 5.76. The van der Waals surface area contributed by atoms with Crippen LogP contribution in [0, 0.1) is 5.92 Å². The van der Waals surface area contributed by atoms with E-state index in [1.54, 1.807) is 0 Å². The number of rotatable bonds is 7. The molecule has 1 fully saturated rings. The lowest BCUT2D eigenvalue weighted by Gasteiger charge is -2.08. The van der Waals surface area contributed by atoms with E-state index < -0.39 is 5.38 Å². The number of hydrogen-bond donors (Lipinski definition) is 1. The predicted molar refractivity (Wildman–Crippen MR) is 59.9 cm³/mol. The lowest BCUT2D eigenvalue weighted by atomic mass is 10.1. The van der Waals surface area contributed by atoms with Gasteiger partial charge in [-0.05, 0) is 25.2 Å². The molecule has 86 valence electrons. The molecule has 1 atom stereocenters. The van der Waals surface area contributed by atoms with Gasteiger partial charge in [-0.15, -0.1) is 11.6 Å². The van der Waals surface area contributed by atoms with Gasteiger partial charge in [0.2, 0.25) is 5.91 Å². The summed E-state index contributed by atoms with van der Waals surface area (Å²) in [6.07, 6.45) is 4.51. The van der Waals surface area contributed by atoms with Crippen molar-refractivity contribution in [3.8, 4) is 0 Å². The first-order valence-electron chi connectivity index (χ1n) is 5.59. The number of alkyl halides is 1. The molecule has 1 rings (SSSR count). The van der Waals surface area contributed by atoms with Crippen molar-refractivity contribution in [2.45, 2.75) is 44.4 Å². The standard InChI is InChI=1S/C11H18ClNO2/c1-2-3-4-9(14)10(12)11(15)13-7-8-5-6-8/h8,10H,2-7H2,1H3,(H,13,15). The van der Waals surface area contributed by atoms with Crippen LogP contribution in [0.3, 0.4) is 0 Å². The molecular weight excluding hydrogens is 214 g/mol. The van der Waals surface area contributed by atoms with Gasteiger partial charge in [-0.1, -0.05) is 13.3 Å². The Morgan fingerprint density at radius 3 is 2.67 bits per heavy atom. The number of ketones is 1. The van der Waals surface area contributed by atoms with Crippen molar-refractivity contribution in [2.75, 3.05) is 6.54 Å². The molecule has 1 saturated carbocycles. The Labute approximate surface area is 95.6 Å². The van der Waals surface area contributed by atoms with E-state index in [-0.39, 0.29) is 11.7 Å². The molecule has 3 nitrogen and oxygen atoms in total. The molecule has 0 aliphatic heterocycles. The zero-order valence-corrected chi connectivity index (χ0v) is 9.85. The first kappa shape index (κ1) is 12.5. The van der Waals surface area contributed by atoms with Crippen molar-refractivity contribution in [2.24, 2.45) is 5.92 Å². The van der Waals surface area contributed by atoms with Crippen LogP contribution in [-0.2, 0) is 9.59 Å². The number of Topliss-reactive ketones (excluding diaryl/α,β-unsaturated/α-hetero) is 1. The van der Waals surface area contributed by atoms with Crippen LogP contribution in [0.15, 0.2) is 0 Å². The number of halogens is 1. The molecule has 4 heteroatoms. The molecule has 0 aromatic heterocycles. The maximum atomic E-state index is 11.4. The summed E-state index contributed by atoms with van der Waals surface area (Å²) in [5.74, 6) is 0.125. The van der Waals surface area contributed by atoms with Crippen LogP contribution in [0.25, 0.3) is 0 Å². The van der Waals surface area contributed by atoms with Gasteiger partial charge in [-0.25, -0.2) is 0 Å². The van der Waals surface area contributed by atoms with Gasteiger partial charge < -0.3 is 5.32 Å². The summed E-state index contributed by atoms with van der Waals surface area (Å²) < 4.78 is 0. The van der Waals surface area contributed by atoms with Crippen molar-refractivity contribution in [3.05, 3.63) is 0 Å². The first-order chi connectivity index (χ1) is 7.15. The van der Waals surface area contributed by atoms with E-state index >= 15 is 0 Å². The molecule has 1 unspecified atom stereocenters. The SMILES string of the molecule is CCCCC(=O)C(Cl)C(=O)NCC1CC1. The normalized spacial score (nSPS) is 17.2. The van der Waals surface area contributed by atoms with Gasteiger partial charge in [0.05, 0.1) is 0 Å². The molecule has 15 heavy (non-hydrogen) atoms. The summed E-state index contributed by atoms with van der Waals surface area (Å²) in [6, 6.07) is 0. The molecule has 1 N–H and O–H groups in total. The quantitative estimate of drug-likeness (QED) is 0.537. The molecular formula is C11H18ClNO2. The van der Waals surface area contributed by atoms with Crippen molar-refractivity contribution >= 4 is 23.3 Å². The fraction of sp³-hybridized carbons (Fsp3) is 0.818. The van der Waals surface area contributed by atoms with Gasteiger partial charge in [0.1, 0.15) is 0 Å². The second-order valence-electron chi connectivity index (χ2n) is 4.12. The summed E-state index contributed by atoms with van der Waals surface area (Å²) in [5, 5.41) is 1.72. The molecule has 0 heterocycles. The van der Waals surface area contributed by atoms with E-state index in [1.807, 2.05) is 6.92 Å². The fourth-order valence-corrected chi connectivity index (χ4v) is 1.47. The van der Waals surface area contributed by atoms with Crippen molar-refractivity contribution in [1.29, 1.82) is 0 Å². The molecule has 0 spiro atoms.